The number of benzene rings is 2. The van der Waals surface area contributed by atoms with Gasteiger partial charge in [-0.15, -0.1) is 0 Å². The first-order valence-corrected chi connectivity index (χ1v) is 5.89. The van der Waals surface area contributed by atoms with Crippen molar-refractivity contribution in [1.29, 1.82) is 0 Å². The van der Waals surface area contributed by atoms with Crippen LogP contribution in [0.5, 0.6) is 0 Å². The van der Waals surface area contributed by atoms with Gasteiger partial charge in [-0.1, -0.05) is 29.8 Å². The minimum Gasteiger partial charge on any atom is -0.324 e. The van der Waals surface area contributed by atoms with E-state index in [1.807, 2.05) is 18.2 Å². The molecular formula is C14H12ClF2N. The Morgan fingerprint density at radius 3 is 2.28 bits per heavy atom. The van der Waals surface area contributed by atoms with Crippen LogP contribution in [0.25, 0.3) is 0 Å². The van der Waals surface area contributed by atoms with E-state index in [0.29, 0.717) is 17.0 Å². The monoisotopic (exact) mass is 267 g/mol. The van der Waals surface area contributed by atoms with Crippen molar-refractivity contribution in [1.82, 2.24) is 0 Å². The van der Waals surface area contributed by atoms with Gasteiger partial charge in [0.05, 0.1) is 0 Å². The van der Waals surface area contributed by atoms with Gasteiger partial charge in [0.1, 0.15) is 11.6 Å². The minimum atomic E-state index is -0.625. The van der Waals surface area contributed by atoms with E-state index in [9.17, 15) is 8.78 Å². The highest BCUT2D eigenvalue weighted by Crippen LogP contribution is 2.22. The highest BCUT2D eigenvalue weighted by Gasteiger charge is 2.11. The smallest absolute Gasteiger partial charge is 0.126 e. The lowest BCUT2D eigenvalue weighted by Crippen LogP contribution is -2.14. The predicted octanol–water partition coefficient (Wildman–Crippen LogP) is 3.86. The topological polar surface area (TPSA) is 26.0 Å². The molecule has 2 aromatic rings. The highest BCUT2D eigenvalue weighted by molar-refractivity contribution is 6.31. The van der Waals surface area contributed by atoms with E-state index < -0.39 is 17.7 Å². The average molecular weight is 268 g/mol. The molecule has 0 spiro atoms. The molecule has 0 amide bonds. The summed E-state index contributed by atoms with van der Waals surface area (Å²) in [4.78, 5) is 0. The summed E-state index contributed by atoms with van der Waals surface area (Å²) in [6.07, 6.45) is 0.433. The minimum absolute atomic E-state index is 0.424. The molecule has 1 unspecified atom stereocenters. The molecule has 18 heavy (non-hydrogen) atoms. The molecule has 0 saturated heterocycles. The first-order chi connectivity index (χ1) is 8.56. The molecule has 2 aromatic carbocycles. The molecule has 0 aliphatic carbocycles. The molecule has 1 nitrogen and oxygen atoms in total. The fourth-order valence-corrected chi connectivity index (χ4v) is 2.02. The van der Waals surface area contributed by atoms with Crippen molar-refractivity contribution in [3.05, 3.63) is 70.2 Å². The van der Waals surface area contributed by atoms with Gasteiger partial charge in [-0.25, -0.2) is 8.78 Å². The van der Waals surface area contributed by atoms with Crippen molar-refractivity contribution < 1.29 is 8.78 Å². The van der Waals surface area contributed by atoms with Crippen LogP contribution >= 0.6 is 11.6 Å². The lowest BCUT2D eigenvalue weighted by Gasteiger charge is -2.13. The second kappa shape index (κ2) is 5.46. The van der Waals surface area contributed by atoms with Crippen LogP contribution in [0.15, 0.2) is 42.5 Å². The maximum Gasteiger partial charge on any atom is 0.126 e. The van der Waals surface area contributed by atoms with Gasteiger partial charge in [0.15, 0.2) is 0 Å². The Morgan fingerprint density at radius 1 is 1.06 bits per heavy atom. The quantitative estimate of drug-likeness (QED) is 0.898. The standard InChI is InChI=1S/C14H12ClF2N/c15-13-4-2-1-3-9(13)7-14(18)10-5-11(16)8-12(17)6-10/h1-6,8,14H,7,18H2. The fourth-order valence-electron chi connectivity index (χ4n) is 1.81. The predicted molar refractivity (Wildman–Crippen MR) is 68.4 cm³/mol. The van der Waals surface area contributed by atoms with E-state index in [0.717, 1.165) is 11.6 Å². The molecule has 0 aliphatic rings. The molecule has 0 heterocycles. The van der Waals surface area contributed by atoms with Crippen LogP contribution < -0.4 is 5.73 Å². The van der Waals surface area contributed by atoms with Crippen LogP contribution in [-0.4, -0.2) is 0 Å². The van der Waals surface area contributed by atoms with E-state index >= 15 is 0 Å². The third kappa shape index (κ3) is 3.06. The average Bonchev–Trinajstić information content (AvgIpc) is 2.31. The Balaban J connectivity index is 2.22. The lowest BCUT2D eigenvalue weighted by molar-refractivity contribution is 0.572. The summed E-state index contributed by atoms with van der Waals surface area (Å²) in [6.45, 7) is 0. The Morgan fingerprint density at radius 2 is 1.67 bits per heavy atom. The van der Waals surface area contributed by atoms with Crippen molar-refractivity contribution in [2.24, 2.45) is 5.73 Å². The summed E-state index contributed by atoms with van der Waals surface area (Å²) < 4.78 is 26.2. The van der Waals surface area contributed by atoms with Gasteiger partial charge in [0.25, 0.3) is 0 Å². The summed E-state index contributed by atoms with van der Waals surface area (Å²) in [7, 11) is 0. The van der Waals surface area contributed by atoms with E-state index in [4.69, 9.17) is 17.3 Å². The summed E-state index contributed by atoms with van der Waals surface area (Å²) in [5, 5.41) is 0.602. The van der Waals surface area contributed by atoms with Crippen LogP contribution in [0.4, 0.5) is 8.78 Å². The maximum atomic E-state index is 13.1. The van der Waals surface area contributed by atoms with E-state index in [-0.39, 0.29) is 0 Å². The normalized spacial score (nSPS) is 12.4. The number of hydrogen-bond donors (Lipinski definition) is 1. The molecular weight excluding hydrogens is 256 g/mol. The first-order valence-electron chi connectivity index (χ1n) is 5.51. The first kappa shape index (κ1) is 13.0. The van der Waals surface area contributed by atoms with E-state index in [2.05, 4.69) is 0 Å². The molecule has 0 radical (unpaired) electrons. The van der Waals surface area contributed by atoms with Crippen molar-refractivity contribution in [2.45, 2.75) is 12.5 Å². The van der Waals surface area contributed by atoms with Crippen molar-refractivity contribution in [3.8, 4) is 0 Å². The Hall–Kier alpha value is -1.45. The van der Waals surface area contributed by atoms with Gasteiger partial charge < -0.3 is 5.73 Å². The molecule has 1 atom stereocenters. The lowest BCUT2D eigenvalue weighted by atomic mass is 9.99. The van der Waals surface area contributed by atoms with Crippen molar-refractivity contribution in [2.75, 3.05) is 0 Å². The molecule has 0 aliphatic heterocycles. The van der Waals surface area contributed by atoms with Crippen LogP contribution in [0.1, 0.15) is 17.2 Å². The summed E-state index contributed by atoms with van der Waals surface area (Å²) >= 11 is 6.01. The molecule has 2 N–H and O–H groups in total. The number of rotatable bonds is 3. The van der Waals surface area contributed by atoms with Gasteiger partial charge in [-0.3, -0.25) is 0 Å². The Kier molecular flexibility index (Phi) is 3.94. The van der Waals surface area contributed by atoms with E-state index in [1.54, 1.807) is 6.07 Å². The molecule has 2 rings (SSSR count). The van der Waals surface area contributed by atoms with Gasteiger partial charge in [-0.2, -0.15) is 0 Å². The van der Waals surface area contributed by atoms with E-state index in [1.165, 1.54) is 12.1 Å². The van der Waals surface area contributed by atoms with Gasteiger partial charge >= 0.3 is 0 Å². The highest BCUT2D eigenvalue weighted by atomic mass is 35.5. The number of halogens is 3. The number of nitrogens with two attached hydrogens (primary N) is 1. The van der Waals surface area contributed by atoms with Crippen LogP contribution in [0, 0.1) is 11.6 Å². The maximum absolute atomic E-state index is 13.1. The zero-order chi connectivity index (χ0) is 13.1. The molecule has 0 bridgehead atoms. The molecule has 94 valence electrons. The van der Waals surface area contributed by atoms with Crippen molar-refractivity contribution in [3.63, 3.8) is 0 Å². The third-order valence-corrected chi connectivity index (χ3v) is 3.08. The van der Waals surface area contributed by atoms with Crippen molar-refractivity contribution >= 4 is 11.6 Å². The van der Waals surface area contributed by atoms with Crippen LogP contribution in [0.2, 0.25) is 5.02 Å². The fraction of sp³-hybridized carbons (Fsp3) is 0.143. The largest absolute Gasteiger partial charge is 0.324 e. The van der Waals surface area contributed by atoms with Gasteiger partial charge in [-0.05, 0) is 35.7 Å². The van der Waals surface area contributed by atoms with Gasteiger partial charge in [0, 0.05) is 17.1 Å². The number of hydrogen-bond acceptors (Lipinski definition) is 1. The third-order valence-electron chi connectivity index (χ3n) is 2.71. The summed E-state index contributed by atoms with van der Waals surface area (Å²) in [5.41, 5.74) is 7.22. The second-order valence-electron chi connectivity index (χ2n) is 4.10. The molecule has 4 heteroatoms. The van der Waals surface area contributed by atoms with Gasteiger partial charge in [0.2, 0.25) is 0 Å². The summed E-state index contributed by atoms with van der Waals surface area (Å²) in [5.74, 6) is -1.25. The zero-order valence-electron chi connectivity index (χ0n) is 9.54. The van der Waals surface area contributed by atoms with Crippen LogP contribution in [0.3, 0.4) is 0 Å². The zero-order valence-corrected chi connectivity index (χ0v) is 10.3. The SMILES string of the molecule is NC(Cc1ccccc1Cl)c1cc(F)cc(F)c1. The molecule has 0 saturated carbocycles. The Labute approximate surface area is 109 Å². The molecule has 0 fully saturated rings. The summed E-state index contributed by atoms with van der Waals surface area (Å²) in [6, 6.07) is 10.1. The molecule has 0 aromatic heterocycles. The van der Waals surface area contributed by atoms with Crippen LogP contribution in [-0.2, 0) is 6.42 Å². The second-order valence-corrected chi connectivity index (χ2v) is 4.51. The Bertz CT molecular complexity index is 537.